The lowest BCUT2D eigenvalue weighted by Crippen LogP contribution is -2.57. The van der Waals surface area contributed by atoms with Gasteiger partial charge in [-0.3, -0.25) is 15.0 Å². The summed E-state index contributed by atoms with van der Waals surface area (Å²) in [5, 5.41) is 5.88. The van der Waals surface area contributed by atoms with E-state index in [1.165, 1.54) is 0 Å². The Morgan fingerprint density at radius 1 is 1.10 bits per heavy atom. The largest absolute Gasteiger partial charge is 0.379 e. The van der Waals surface area contributed by atoms with Crippen molar-refractivity contribution in [1.82, 2.24) is 20.5 Å². The van der Waals surface area contributed by atoms with Crippen LogP contribution in [0.25, 0.3) is 11.3 Å². The van der Waals surface area contributed by atoms with Crippen molar-refractivity contribution < 1.29 is 18.8 Å². The first kappa shape index (κ1) is 20.6. The second-order valence-corrected chi connectivity index (χ2v) is 7.98. The van der Waals surface area contributed by atoms with Crippen LogP contribution in [0.1, 0.15) is 40.9 Å². The number of nitrogens with zero attached hydrogens (tertiary/aromatic N) is 3. The molecule has 0 spiro atoms. The second-order valence-electron chi connectivity index (χ2n) is 7.98. The second kappa shape index (κ2) is 8.97. The number of benzene rings is 1. The fourth-order valence-electron chi connectivity index (χ4n) is 4.00. The van der Waals surface area contributed by atoms with Gasteiger partial charge in [-0.1, -0.05) is 22.9 Å². The van der Waals surface area contributed by atoms with Gasteiger partial charge in [0.1, 0.15) is 6.04 Å². The van der Waals surface area contributed by atoms with Crippen molar-refractivity contribution in [1.29, 1.82) is 0 Å². The summed E-state index contributed by atoms with van der Waals surface area (Å²) in [6, 6.07) is 7.24. The van der Waals surface area contributed by atoms with Crippen molar-refractivity contribution in [3.63, 3.8) is 0 Å². The van der Waals surface area contributed by atoms with Gasteiger partial charge in [0.25, 0.3) is 11.8 Å². The minimum absolute atomic E-state index is 0.150. The minimum atomic E-state index is -0.505. The predicted molar refractivity (Wildman–Crippen MR) is 111 cm³/mol. The molecule has 1 N–H and O–H groups in total. The van der Waals surface area contributed by atoms with E-state index < -0.39 is 6.04 Å². The molecule has 1 aromatic carbocycles. The number of hydrogen-bond acceptors (Lipinski definition) is 6. The molecule has 2 amide bonds. The SMILES string of the molecule is Cc1ccc(C)c(-c2cc(C(=O)N3CCCCC3C(=O)NN3CCOCC3)no2)c1. The number of morpholine rings is 1. The van der Waals surface area contributed by atoms with Gasteiger partial charge in [-0.05, 0) is 44.7 Å². The summed E-state index contributed by atoms with van der Waals surface area (Å²) in [6.07, 6.45) is 2.43. The van der Waals surface area contributed by atoms with Crippen LogP contribution in [-0.2, 0) is 9.53 Å². The first-order chi connectivity index (χ1) is 14.5. The van der Waals surface area contributed by atoms with Crippen LogP contribution in [0, 0.1) is 13.8 Å². The van der Waals surface area contributed by atoms with E-state index in [4.69, 9.17) is 9.26 Å². The maximum atomic E-state index is 13.2. The molecule has 0 radical (unpaired) electrons. The van der Waals surface area contributed by atoms with Crippen LogP contribution in [0.3, 0.4) is 0 Å². The Morgan fingerprint density at radius 3 is 2.70 bits per heavy atom. The number of carbonyl (C=O) groups excluding carboxylic acids is 2. The summed E-state index contributed by atoms with van der Waals surface area (Å²) in [6.45, 7) is 7.02. The molecule has 2 saturated heterocycles. The van der Waals surface area contributed by atoms with Crippen LogP contribution < -0.4 is 5.43 Å². The maximum absolute atomic E-state index is 13.2. The number of ether oxygens (including phenoxy) is 1. The molecule has 1 aromatic heterocycles. The van der Waals surface area contributed by atoms with E-state index in [1.807, 2.05) is 37.1 Å². The molecular weight excluding hydrogens is 384 g/mol. The van der Waals surface area contributed by atoms with Crippen molar-refractivity contribution in [2.75, 3.05) is 32.8 Å². The number of rotatable bonds is 4. The molecule has 2 fully saturated rings. The summed E-state index contributed by atoms with van der Waals surface area (Å²) in [4.78, 5) is 27.7. The first-order valence-corrected chi connectivity index (χ1v) is 10.5. The normalized spacial score (nSPS) is 20.2. The van der Waals surface area contributed by atoms with Gasteiger partial charge in [0.2, 0.25) is 0 Å². The maximum Gasteiger partial charge on any atom is 0.276 e. The lowest BCUT2D eigenvalue weighted by molar-refractivity contribution is -0.133. The molecule has 0 bridgehead atoms. The van der Waals surface area contributed by atoms with Crippen molar-refractivity contribution >= 4 is 11.8 Å². The number of aromatic nitrogens is 1. The molecular formula is C22H28N4O4. The lowest BCUT2D eigenvalue weighted by Gasteiger charge is -2.36. The van der Waals surface area contributed by atoms with E-state index in [2.05, 4.69) is 10.6 Å². The van der Waals surface area contributed by atoms with Gasteiger partial charge >= 0.3 is 0 Å². The van der Waals surface area contributed by atoms with Crippen molar-refractivity contribution in [2.45, 2.75) is 39.2 Å². The molecule has 1 atom stereocenters. The zero-order chi connectivity index (χ0) is 21.1. The Labute approximate surface area is 176 Å². The third-order valence-corrected chi connectivity index (χ3v) is 5.73. The van der Waals surface area contributed by atoms with Crippen LogP contribution in [-0.4, -0.2) is 65.8 Å². The fraction of sp³-hybridized carbons (Fsp3) is 0.500. The quantitative estimate of drug-likeness (QED) is 0.829. The van der Waals surface area contributed by atoms with Crippen molar-refractivity contribution in [3.05, 3.63) is 41.1 Å². The van der Waals surface area contributed by atoms with E-state index in [-0.39, 0.29) is 17.5 Å². The number of aryl methyl sites for hydroxylation is 2. The lowest BCUT2D eigenvalue weighted by atomic mass is 10.0. The number of nitrogens with one attached hydrogen (secondary N) is 1. The van der Waals surface area contributed by atoms with Gasteiger partial charge in [0.05, 0.1) is 13.2 Å². The van der Waals surface area contributed by atoms with Gasteiger partial charge in [-0.25, -0.2) is 5.01 Å². The predicted octanol–water partition coefficient (Wildman–Crippen LogP) is 2.32. The van der Waals surface area contributed by atoms with Gasteiger partial charge in [0.15, 0.2) is 11.5 Å². The molecule has 30 heavy (non-hydrogen) atoms. The van der Waals surface area contributed by atoms with Gasteiger partial charge in [-0.2, -0.15) is 0 Å². The van der Waals surface area contributed by atoms with Crippen LogP contribution in [0.2, 0.25) is 0 Å². The average molecular weight is 412 g/mol. The molecule has 4 rings (SSSR count). The fourth-order valence-corrected chi connectivity index (χ4v) is 4.00. The van der Waals surface area contributed by atoms with Crippen molar-refractivity contribution in [3.8, 4) is 11.3 Å². The average Bonchev–Trinajstić information content (AvgIpc) is 3.25. The Balaban J connectivity index is 1.50. The zero-order valence-corrected chi connectivity index (χ0v) is 17.5. The molecule has 0 saturated carbocycles. The minimum Gasteiger partial charge on any atom is -0.379 e. The van der Waals surface area contributed by atoms with Gasteiger partial charge < -0.3 is 14.2 Å². The van der Waals surface area contributed by atoms with Crippen LogP contribution in [0.4, 0.5) is 0 Å². The van der Waals surface area contributed by atoms with E-state index in [1.54, 1.807) is 11.0 Å². The highest BCUT2D eigenvalue weighted by atomic mass is 16.5. The third kappa shape index (κ3) is 4.39. The molecule has 160 valence electrons. The smallest absolute Gasteiger partial charge is 0.276 e. The van der Waals surface area contributed by atoms with Gasteiger partial charge in [0, 0.05) is 31.3 Å². The molecule has 1 unspecified atom stereocenters. The highest BCUT2D eigenvalue weighted by Gasteiger charge is 2.35. The van der Waals surface area contributed by atoms with E-state index >= 15 is 0 Å². The van der Waals surface area contributed by atoms with E-state index in [0.29, 0.717) is 45.0 Å². The highest BCUT2D eigenvalue weighted by Crippen LogP contribution is 2.27. The van der Waals surface area contributed by atoms with Crippen molar-refractivity contribution in [2.24, 2.45) is 0 Å². The number of carbonyl (C=O) groups is 2. The Bertz CT molecular complexity index is 920. The summed E-state index contributed by atoms with van der Waals surface area (Å²) >= 11 is 0. The number of amides is 2. The topological polar surface area (TPSA) is 87.9 Å². The standard InChI is InChI=1S/C22H28N4O4/c1-15-6-7-16(2)17(13-15)20-14-18(24-30-20)22(28)26-8-4-3-5-19(26)21(27)23-25-9-11-29-12-10-25/h6-7,13-14,19H,3-5,8-12H2,1-2H3,(H,23,27). The summed E-state index contributed by atoms with van der Waals surface area (Å²) in [5.41, 5.74) is 6.26. The highest BCUT2D eigenvalue weighted by molar-refractivity contribution is 5.96. The van der Waals surface area contributed by atoms with Crippen LogP contribution >= 0.6 is 0 Å². The zero-order valence-electron chi connectivity index (χ0n) is 17.5. The van der Waals surface area contributed by atoms with E-state index in [9.17, 15) is 9.59 Å². The van der Waals surface area contributed by atoms with Crippen LogP contribution in [0.15, 0.2) is 28.8 Å². The van der Waals surface area contributed by atoms with Crippen LogP contribution in [0.5, 0.6) is 0 Å². The Hall–Kier alpha value is -2.71. The van der Waals surface area contributed by atoms with E-state index in [0.717, 1.165) is 29.5 Å². The van der Waals surface area contributed by atoms with Gasteiger partial charge in [-0.15, -0.1) is 0 Å². The molecule has 2 aliphatic heterocycles. The number of piperidine rings is 1. The molecule has 3 heterocycles. The molecule has 2 aliphatic rings. The molecule has 0 aliphatic carbocycles. The Morgan fingerprint density at radius 2 is 1.90 bits per heavy atom. The Kier molecular flexibility index (Phi) is 6.15. The molecule has 8 heteroatoms. The molecule has 8 nitrogen and oxygen atoms in total. The number of hydrogen-bond donors (Lipinski definition) is 1. The molecule has 2 aromatic rings. The number of likely N-dealkylation sites (tertiary alicyclic amines) is 1. The first-order valence-electron chi connectivity index (χ1n) is 10.5. The summed E-state index contributed by atoms with van der Waals surface area (Å²) < 4.78 is 10.8. The number of hydrazine groups is 1. The monoisotopic (exact) mass is 412 g/mol. The summed E-state index contributed by atoms with van der Waals surface area (Å²) in [7, 11) is 0. The summed E-state index contributed by atoms with van der Waals surface area (Å²) in [5.74, 6) is 0.145. The third-order valence-electron chi connectivity index (χ3n) is 5.73.